The molecule has 0 atom stereocenters. The summed E-state index contributed by atoms with van der Waals surface area (Å²) in [5.74, 6) is 0.798. The van der Waals surface area contributed by atoms with Crippen molar-refractivity contribution in [3.8, 4) is 5.75 Å². The maximum Gasteiger partial charge on any atom is 0.120 e. The van der Waals surface area contributed by atoms with Gasteiger partial charge in [0.1, 0.15) is 12.4 Å². The number of benzene rings is 3. The lowest BCUT2D eigenvalue weighted by Gasteiger charge is -2.11. The van der Waals surface area contributed by atoms with Crippen molar-refractivity contribution in [1.82, 2.24) is 0 Å². The van der Waals surface area contributed by atoms with Crippen LogP contribution in [0.2, 0.25) is 0 Å². The Morgan fingerprint density at radius 2 is 1.26 bits per heavy atom. The number of hydrogen-bond acceptors (Lipinski definition) is 2. The van der Waals surface area contributed by atoms with Crippen molar-refractivity contribution in [2.75, 3.05) is 0 Å². The molecule has 23 heavy (non-hydrogen) atoms. The quantitative estimate of drug-likeness (QED) is 0.733. The van der Waals surface area contributed by atoms with Crippen LogP contribution in [0.1, 0.15) is 22.3 Å². The summed E-state index contributed by atoms with van der Waals surface area (Å²) in [4.78, 5) is 0. The molecule has 0 bridgehead atoms. The minimum atomic E-state index is 0.0182. The lowest BCUT2D eigenvalue weighted by atomic mass is 10.0. The number of rotatable bonds is 6. The van der Waals surface area contributed by atoms with Gasteiger partial charge in [-0.15, -0.1) is 0 Å². The van der Waals surface area contributed by atoms with E-state index < -0.39 is 0 Å². The minimum Gasteiger partial charge on any atom is -0.489 e. The fourth-order valence-electron chi connectivity index (χ4n) is 2.58. The van der Waals surface area contributed by atoms with Crippen molar-refractivity contribution in [2.45, 2.75) is 19.6 Å². The summed E-state index contributed by atoms with van der Waals surface area (Å²) in [6, 6.07) is 26.4. The Balaban J connectivity index is 1.76. The molecule has 116 valence electrons. The van der Waals surface area contributed by atoms with Crippen LogP contribution in [0.4, 0.5) is 0 Å². The summed E-state index contributed by atoms with van der Waals surface area (Å²) >= 11 is 0. The van der Waals surface area contributed by atoms with Crippen molar-refractivity contribution >= 4 is 0 Å². The first-order valence-corrected chi connectivity index (χ1v) is 7.78. The summed E-state index contributed by atoms with van der Waals surface area (Å²) < 4.78 is 5.90. The first kappa shape index (κ1) is 15.3. The average Bonchev–Trinajstić information content (AvgIpc) is 2.61. The molecule has 2 nitrogen and oxygen atoms in total. The van der Waals surface area contributed by atoms with E-state index in [0.29, 0.717) is 6.61 Å². The van der Waals surface area contributed by atoms with Crippen LogP contribution in [0.5, 0.6) is 5.75 Å². The third-order valence-corrected chi connectivity index (χ3v) is 3.71. The molecule has 2 heteroatoms. The molecule has 0 saturated heterocycles. The zero-order valence-corrected chi connectivity index (χ0v) is 13.0. The lowest BCUT2D eigenvalue weighted by molar-refractivity contribution is 0.277. The molecule has 0 aliphatic carbocycles. The molecule has 3 rings (SSSR count). The van der Waals surface area contributed by atoms with E-state index in [1.165, 1.54) is 5.56 Å². The summed E-state index contributed by atoms with van der Waals surface area (Å²) in [5.41, 5.74) is 4.40. The molecular weight excluding hydrogens is 284 g/mol. The highest BCUT2D eigenvalue weighted by molar-refractivity contribution is 5.37. The summed E-state index contributed by atoms with van der Waals surface area (Å²) in [6.45, 7) is 0.546. The molecule has 0 saturated carbocycles. The van der Waals surface area contributed by atoms with Gasteiger partial charge in [0.05, 0.1) is 6.61 Å². The van der Waals surface area contributed by atoms with Crippen molar-refractivity contribution < 1.29 is 9.84 Å². The number of aliphatic hydroxyl groups excluding tert-OH is 1. The molecule has 0 aromatic heterocycles. The van der Waals surface area contributed by atoms with E-state index in [0.717, 1.165) is 28.9 Å². The normalized spacial score (nSPS) is 10.5. The van der Waals surface area contributed by atoms with E-state index >= 15 is 0 Å². The van der Waals surface area contributed by atoms with Gasteiger partial charge in [-0.1, -0.05) is 66.7 Å². The van der Waals surface area contributed by atoms with Crippen LogP contribution in [0.25, 0.3) is 0 Å². The van der Waals surface area contributed by atoms with E-state index in [-0.39, 0.29) is 6.61 Å². The zero-order chi connectivity index (χ0) is 15.9. The molecule has 0 amide bonds. The van der Waals surface area contributed by atoms with Crippen LogP contribution in [-0.2, 0) is 19.6 Å². The Bertz CT molecular complexity index is 736. The van der Waals surface area contributed by atoms with Gasteiger partial charge in [-0.25, -0.2) is 0 Å². The van der Waals surface area contributed by atoms with Gasteiger partial charge in [-0.05, 0) is 40.8 Å². The van der Waals surface area contributed by atoms with Gasteiger partial charge in [0.15, 0.2) is 0 Å². The molecule has 0 unspecified atom stereocenters. The van der Waals surface area contributed by atoms with Gasteiger partial charge >= 0.3 is 0 Å². The van der Waals surface area contributed by atoms with Crippen LogP contribution in [-0.4, -0.2) is 5.11 Å². The number of ether oxygens (including phenoxy) is 1. The number of hydrogen-bond donors (Lipinski definition) is 1. The fourth-order valence-corrected chi connectivity index (χ4v) is 2.58. The van der Waals surface area contributed by atoms with Crippen molar-refractivity contribution in [2.24, 2.45) is 0 Å². The smallest absolute Gasteiger partial charge is 0.120 e. The largest absolute Gasteiger partial charge is 0.489 e. The van der Waals surface area contributed by atoms with Crippen LogP contribution in [0.15, 0.2) is 78.9 Å². The van der Waals surface area contributed by atoms with Gasteiger partial charge in [0.2, 0.25) is 0 Å². The van der Waals surface area contributed by atoms with Crippen LogP contribution in [0, 0.1) is 0 Å². The Morgan fingerprint density at radius 3 is 1.91 bits per heavy atom. The second kappa shape index (κ2) is 7.61. The van der Waals surface area contributed by atoms with Crippen molar-refractivity contribution in [3.63, 3.8) is 0 Å². The molecule has 0 spiro atoms. The second-order valence-corrected chi connectivity index (χ2v) is 5.58. The van der Waals surface area contributed by atoms with Gasteiger partial charge in [-0.2, -0.15) is 0 Å². The van der Waals surface area contributed by atoms with E-state index in [9.17, 15) is 5.11 Å². The molecule has 3 aromatic rings. The molecule has 0 fully saturated rings. The molecule has 0 radical (unpaired) electrons. The Labute approximate surface area is 137 Å². The summed E-state index contributed by atoms with van der Waals surface area (Å²) in [7, 11) is 0. The third kappa shape index (κ3) is 4.44. The van der Waals surface area contributed by atoms with Crippen molar-refractivity contribution in [3.05, 3.63) is 101 Å². The highest BCUT2D eigenvalue weighted by atomic mass is 16.5. The van der Waals surface area contributed by atoms with Gasteiger partial charge in [0, 0.05) is 0 Å². The van der Waals surface area contributed by atoms with Crippen LogP contribution in [0.3, 0.4) is 0 Å². The number of aliphatic hydroxyl groups is 1. The molecule has 0 aliphatic heterocycles. The first-order chi connectivity index (χ1) is 11.3. The standard InChI is InChI=1S/C21H20O2/c22-15-20-12-19(11-17-7-3-1-4-8-17)13-21(14-20)23-16-18-9-5-2-6-10-18/h1-10,12-14,22H,11,15-16H2. The Hall–Kier alpha value is -2.58. The molecule has 3 aromatic carbocycles. The third-order valence-electron chi connectivity index (χ3n) is 3.71. The fraction of sp³-hybridized carbons (Fsp3) is 0.143. The van der Waals surface area contributed by atoms with Crippen molar-refractivity contribution in [1.29, 1.82) is 0 Å². The van der Waals surface area contributed by atoms with E-state index in [2.05, 4.69) is 18.2 Å². The van der Waals surface area contributed by atoms with Gasteiger partial charge < -0.3 is 9.84 Å². The average molecular weight is 304 g/mol. The first-order valence-electron chi connectivity index (χ1n) is 7.78. The van der Waals surface area contributed by atoms with Gasteiger partial charge in [0.25, 0.3) is 0 Å². The van der Waals surface area contributed by atoms with Crippen LogP contribution < -0.4 is 4.74 Å². The predicted octanol–water partition coefficient (Wildman–Crippen LogP) is 4.35. The Morgan fingerprint density at radius 1 is 0.652 bits per heavy atom. The second-order valence-electron chi connectivity index (χ2n) is 5.58. The topological polar surface area (TPSA) is 29.5 Å². The van der Waals surface area contributed by atoms with Gasteiger partial charge in [-0.3, -0.25) is 0 Å². The molecule has 0 heterocycles. The van der Waals surface area contributed by atoms with Crippen LogP contribution >= 0.6 is 0 Å². The van der Waals surface area contributed by atoms with E-state index in [1.54, 1.807) is 0 Å². The molecular formula is C21H20O2. The zero-order valence-electron chi connectivity index (χ0n) is 13.0. The SMILES string of the molecule is OCc1cc(Cc2ccccc2)cc(OCc2ccccc2)c1. The maximum absolute atomic E-state index is 9.48. The Kier molecular flexibility index (Phi) is 5.07. The molecule has 1 N–H and O–H groups in total. The monoisotopic (exact) mass is 304 g/mol. The highest BCUT2D eigenvalue weighted by Gasteiger charge is 2.04. The lowest BCUT2D eigenvalue weighted by Crippen LogP contribution is -1.98. The molecule has 0 aliphatic rings. The minimum absolute atomic E-state index is 0.0182. The summed E-state index contributed by atoms with van der Waals surface area (Å²) in [6.07, 6.45) is 0.830. The van der Waals surface area contributed by atoms with E-state index in [1.807, 2.05) is 60.7 Å². The summed E-state index contributed by atoms with van der Waals surface area (Å²) in [5, 5.41) is 9.48. The maximum atomic E-state index is 9.48. The highest BCUT2D eigenvalue weighted by Crippen LogP contribution is 2.21. The predicted molar refractivity (Wildman–Crippen MR) is 92.4 cm³/mol. The van der Waals surface area contributed by atoms with E-state index in [4.69, 9.17) is 4.74 Å².